The van der Waals surface area contributed by atoms with E-state index in [1.165, 1.54) is 32.1 Å². The van der Waals surface area contributed by atoms with Gasteiger partial charge in [0.2, 0.25) is 11.8 Å². The van der Waals surface area contributed by atoms with E-state index in [4.69, 9.17) is 0 Å². The number of amides is 2. The average molecular weight is 348 g/mol. The van der Waals surface area contributed by atoms with Crippen LogP contribution >= 0.6 is 0 Å². The molecule has 1 saturated heterocycles. The second kappa shape index (κ2) is 7.65. The Hall–Kier alpha value is -1.10. The molecule has 0 aromatic carbocycles. The van der Waals surface area contributed by atoms with Crippen molar-refractivity contribution >= 4 is 11.8 Å². The molecule has 2 amide bonds. The van der Waals surface area contributed by atoms with Crippen molar-refractivity contribution in [2.24, 2.45) is 23.7 Å². The Morgan fingerprint density at radius 3 is 2.32 bits per heavy atom. The zero-order valence-corrected chi connectivity index (χ0v) is 15.4. The average Bonchev–Trinajstić information content (AvgIpc) is 3.39. The van der Waals surface area contributed by atoms with E-state index in [0.717, 1.165) is 64.4 Å². The lowest BCUT2D eigenvalue weighted by Gasteiger charge is -2.37. The molecule has 25 heavy (non-hydrogen) atoms. The van der Waals surface area contributed by atoms with Crippen molar-refractivity contribution in [1.29, 1.82) is 0 Å². The Balaban J connectivity index is 1.15. The Kier molecular flexibility index (Phi) is 5.30. The van der Waals surface area contributed by atoms with Gasteiger partial charge in [-0.25, -0.2) is 0 Å². The molecule has 2 bridgehead atoms. The molecule has 5 heteroatoms. The molecule has 140 valence electrons. The fraction of sp³-hybridized carbons (Fsp3) is 0.900. The normalized spacial score (nSPS) is 33.1. The monoisotopic (exact) mass is 347 g/mol. The summed E-state index contributed by atoms with van der Waals surface area (Å²) in [6, 6.07) is 0. The number of piperazine rings is 1. The maximum atomic E-state index is 12.8. The Labute approximate surface area is 151 Å². The third kappa shape index (κ3) is 3.86. The molecular weight excluding hydrogens is 314 g/mol. The van der Waals surface area contributed by atoms with Crippen LogP contribution in [0.2, 0.25) is 0 Å². The molecule has 3 aliphatic carbocycles. The van der Waals surface area contributed by atoms with E-state index in [-0.39, 0.29) is 11.8 Å². The maximum absolute atomic E-state index is 12.8. The third-order valence-corrected chi connectivity index (χ3v) is 7.19. The van der Waals surface area contributed by atoms with Crippen molar-refractivity contribution in [3.05, 3.63) is 0 Å². The minimum absolute atomic E-state index is 0.252. The summed E-state index contributed by atoms with van der Waals surface area (Å²) >= 11 is 0. The first-order valence-corrected chi connectivity index (χ1v) is 10.5. The van der Waals surface area contributed by atoms with E-state index >= 15 is 0 Å². The van der Waals surface area contributed by atoms with Crippen molar-refractivity contribution in [3.63, 3.8) is 0 Å². The molecule has 3 atom stereocenters. The predicted molar refractivity (Wildman–Crippen MR) is 96.9 cm³/mol. The van der Waals surface area contributed by atoms with Crippen molar-refractivity contribution in [2.75, 3.05) is 39.3 Å². The number of carbonyl (C=O) groups excluding carboxylic acids is 2. The zero-order chi connectivity index (χ0) is 17.2. The van der Waals surface area contributed by atoms with Crippen LogP contribution < -0.4 is 5.32 Å². The van der Waals surface area contributed by atoms with Crippen molar-refractivity contribution in [2.45, 2.75) is 51.4 Å². The van der Waals surface area contributed by atoms with Gasteiger partial charge in [0.25, 0.3) is 0 Å². The third-order valence-electron chi connectivity index (χ3n) is 7.19. The van der Waals surface area contributed by atoms with E-state index in [9.17, 15) is 9.59 Å². The van der Waals surface area contributed by atoms with Gasteiger partial charge in [-0.15, -0.1) is 0 Å². The van der Waals surface area contributed by atoms with E-state index in [2.05, 4.69) is 15.1 Å². The molecule has 5 nitrogen and oxygen atoms in total. The van der Waals surface area contributed by atoms with Crippen molar-refractivity contribution < 1.29 is 9.59 Å². The molecule has 3 unspecified atom stereocenters. The van der Waals surface area contributed by atoms with Gasteiger partial charge in [-0.3, -0.25) is 14.5 Å². The highest BCUT2D eigenvalue weighted by molar-refractivity contribution is 5.80. The molecule has 4 aliphatic rings. The first kappa shape index (κ1) is 17.3. The number of fused-ring (bicyclic) bond motifs is 2. The van der Waals surface area contributed by atoms with Crippen LogP contribution in [0.4, 0.5) is 0 Å². The van der Waals surface area contributed by atoms with Crippen LogP contribution in [0.3, 0.4) is 0 Å². The van der Waals surface area contributed by atoms with E-state index in [1.54, 1.807) is 0 Å². The number of nitrogens with one attached hydrogen (secondary N) is 1. The van der Waals surface area contributed by atoms with Gasteiger partial charge >= 0.3 is 0 Å². The van der Waals surface area contributed by atoms with Crippen LogP contribution in [0.15, 0.2) is 0 Å². The lowest BCUT2D eigenvalue weighted by Crippen LogP contribution is -2.52. The van der Waals surface area contributed by atoms with Crippen LogP contribution in [0, 0.1) is 23.7 Å². The van der Waals surface area contributed by atoms with E-state index in [1.807, 2.05) is 0 Å². The molecule has 1 N–H and O–H groups in total. The second-order valence-electron chi connectivity index (χ2n) is 8.72. The predicted octanol–water partition coefficient (Wildman–Crippen LogP) is 1.87. The van der Waals surface area contributed by atoms with Gasteiger partial charge in [-0.05, 0) is 43.9 Å². The molecule has 0 spiro atoms. The van der Waals surface area contributed by atoms with Gasteiger partial charge in [-0.2, -0.15) is 0 Å². The highest BCUT2D eigenvalue weighted by atomic mass is 16.2. The quantitative estimate of drug-likeness (QED) is 0.826. The summed E-state index contributed by atoms with van der Waals surface area (Å²) in [5, 5.41) is 3.11. The van der Waals surface area contributed by atoms with Gasteiger partial charge in [0.15, 0.2) is 0 Å². The van der Waals surface area contributed by atoms with Crippen molar-refractivity contribution in [1.82, 2.24) is 15.1 Å². The highest BCUT2D eigenvalue weighted by Gasteiger charge is 2.44. The fourth-order valence-electron chi connectivity index (χ4n) is 5.64. The number of nitrogens with zero attached hydrogens (tertiary/aromatic N) is 2. The summed E-state index contributed by atoms with van der Waals surface area (Å²) < 4.78 is 0. The summed E-state index contributed by atoms with van der Waals surface area (Å²) in [7, 11) is 0. The molecule has 1 aliphatic heterocycles. The van der Waals surface area contributed by atoms with Crippen LogP contribution in [0.1, 0.15) is 51.4 Å². The van der Waals surface area contributed by atoms with E-state index < -0.39 is 0 Å². The smallest absolute Gasteiger partial charge is 0.226 e. The topological polar surface area (TPSA) is 52.7 Å². The molecule has 3 saturated carbocycles. The summed E-state index contributed by atoms with van der Waals surface area (Å²) in [4.78, 5) is 29.4. The van der Waals surface area contributed by atoms with Crippen LogP contribution in [0.25, 0.3) is 0 Å². The van der Waals surface area contributed by atoms with Crippen LogP contribution in [0.5, 0.6) is 0 Å². The van der Waals surface area contributed by atoms with Crippen molar-refractivity contribution in [3.8, 4) is 0 Å². The first-order chi connectivity index (χ1) is 12.2. The molecule has 4 rings (SSSR count). The number of carbonyl (C=O) groups is 2. The minimum Gasteiger partial charge on any atom is -0.355 e. The zero-order valence-electron chi connectivity index (χ0n) is 15.4. The summed E-state index contributed by atoms with van der Waals surface area (Å²) in [6.45, 7) is 5.29. The Morgan fingerprint density at radius 2 is 1.68 bits per heavy atom. The summed E-state index contributed by atoms with van der Waals surface area (Å²) in [5.74, 6) is 2.79. The van der Waals surface area contributed by atoms with Gasteiger partial charge in [0, 0.05) is 51.1 Å². The second-order valence-corrected chi connectivity index (χ2v) is 8.72. The Bertz CT molecular complexity index is 495. The fourth-order valence-corrected chi connectivity index (χ4v) is 5.64. The number of rotatable bonds is 5. The van der Waals surface area contributed by atoms with Gasteiger partial charge in [-0.1, -0.05) is 19.3 Å². The minimum atomic E-state index is 0.252. The SMILES string of the molecule is O=C(NCCN1CCN(C(=O)C2CC3CCC2C3)CC1)C1CCCC1. The first-order valence-electron chi connectivity index (χ1n) is 10.5. The molecule has 0 aromatic rings. The molecular formula is C20H33N3O2. The number of hydrogen-bond donors (Lipinski definition) is 1. The lowest BCUT2D eigenvalue weighted by atomic mass is 9.87. The standard InChI is InChI=1S/C20H33N3O2/c24-19(16-3-1-2-4-16)21-7-8-22-9-11-23(12-10-22)20(25)18-14-15-5-6-17(18)13-15/h15-18H,1-14H2,(H,21,24). The van der Waals surface area contributed by atoms with Crippen LogP contribution in [-0.4, -0.2) is 60.9 Å². The highest BCUT2D eigenvalue weighted by Crippen LogP contribution is 2.48. The van der Waals surface area contributed by atoms with E-state index in [0.29, 0.717) is 17.7 Å². The maximum Gasteiger partial charge on any atom is 0.226 e. The number of hydrogen-bond acceptors (Lipinski definition) is 3. The largest absolute Gasteiger partial charge is 0.355 e. The molecule has 1 heterocycles. The molecule has 4 fully saturated rings. The van der Waals surface area contributed by atoms with Gasteiger partial charge < -0.3 is 10.2 Å². The van der Waals surface area contributed by atoms with Crippen LogP contribution in [-0.2, 0) is 9.59 Å². The summed E-state index contributed by atoms with van der Waals surface area (Å²) in [5.41, 5.74) is 0. The molecule has 0 radical (unpaired) electrons. The Morgan fingerprint density at radius 1 is 0.920 bits per heavy atom. The lowest BCUT2D eigenvalue weighted by molar-refractivity contribution is -0.139. The summed E-state index contributed by atoms with van der Waals surface area (Å²) in [6.07, 6.45) is 9.63. The molecule has 0 aromatic heterocycles. The van der Waals surface area contributed by atoms with Gasteiger partial charge in [0.05, 0.1) is 0 Å². The van der Waals surface area contributed by atoms with Gasteiger partial charge in [0.1, 0.15) is 0 Å².